The summed E-state index contributed by atoms with van der Waals surface area (Å²) in [6.45, 7) is 0. The maximum atomic E-state index is 10.8. The second kappa shape index (κ2) is 6.01. The standard InChI is InChI=1S/C11H13IO2/c1-14-11(13)4-2-3-9-5-7-10(12)8-6-9/h5-8H,2-4H2,1H3. The topological polar surface area (TPSA) is 26.3 Å². The fraction of sp³-hybridized carbons (Fsp3) is 0.364. The number of methoxy groups -OCH3 is 1. The van der Waals surface area contributed by atoms with Gasteiger partial charge in [0.2, 0.25) is 0 Å². The molecule has 0 saturated carbocycles. The van der Waals surface area contributed by atoms with Crippen molar-refractivity contribution in [3.8, 4) is 0 Å². The van der Waals surface area contributed by atoms with Gasteiger partial charge in [-0.25, -0.2) is 0 Å². The first-order valence-electron chi connectivity index (χ1n) is 4.53. The Morgan fingerprint density at radius 3 is 2.57 bits per heavy atom. The lowest BCUT2D eigenvalue weighted by molar-refractivity contribution is -0.140. The van der Waals surface area contributed by atoms with Crippen molar-refractivity contribution >= 4 is 28.6 Å². The number of ether oxygens (including phenoxy) is 1. The Morgan fingerprint density at radius 2 is 2.00 bits per heavy atom. The third-order valence-corrected chi connectivity index (χ3v) is 2.71. The molecule has 0 spiro atoms. The van der Waals surface area contributed by atoms with Crippen LogP contribution in [0.25, 0.3) is 0 Å². The van der Waals surface area contributed by atoms with E-state index < -0.39 is 0 Å². The molecule has 0 bridgehead atoms. The van der Waals surface area contributed by atoms with Gasteiger partial charge in [-0.1, -0.05) is 12.1 Å². The molecule has 0 N–H and O–H groups in total. The second-order valence-corrected chi connectivity index (χ2v) is 4.30. The number of aryl methyl sites for hydroxylation is 1. The van der Waals surface area contributed by atoms with Crippen LogP contribution < -0.4 is 0 Å². The highest BCUT2D eigenvalue weighted by Crippen LogP contribution is 2.09. The lowest BCUT2D eigenvalue weighted by Gasteiger charge is -2.00. The summed E-state index contributed by atoms with van der Waals surface area (Å²) in [4.78, 5) is 10.8. The van der Waals surface area contributed by atoms with Crippen molar-refractivity contribution < 1.29 is 9.53 Å². The molecule has 1 aromatic rings. The van der Waals surface area contributed by atoms with E-state index in [1.165, 1.54) is 16.2 Å². The first kappa shape index (κ1) is 11.5. The van der Waals surface area contributed by atoms with Gasteiger partial charge < -0.3 is 4.74 Å². The van der Waals surface area contributed by atoms with Gasteiger partial charge >= 0.3 is 5.97 Å². The Balaban J connectivity index is 2.31. The molecule has 1 aromatic carbocycles. The minimum absolute atomic E-state index is 0.129. The number of hydrogen-bond acceptors (Lipinski definition) is 2. The van der Waals surface area contributed by atoms with Gasteiger partial charge in [-0.3, -0.25) is 4.79 Å². The zero-order valence-electron chi connectivity index (χ0n) is 8.13. The van der Waals surface area contributed by atoms with Crippen molar-refractivity contribution in [1.29, 1.82) is 0 Å². The number of halogens is 1. The van der Waals surface area contributed by atoms with Gasteiger partial charge in [0, 0.05) is 9.99 Å². The van der Waals surface area contributed by atoms with E-state index in [0.717, 1.165) is 12.8 Å². The van der Waals surface area contributed by atoms with Crippen LogP contribution in [0.15, 0.2) is 24.3 Å². The Bertz CT molecular complexity index is 293. The van der Waals surface area contributed by atoms with E-state index in [1.54, 1.807) is 0 Å². The number of hydrogen-bond donors (Lipinski definition) is 0. The third kappa shape index (κ3) is 4.09. The van der Waals surface area contributed by atoms with Crippen LogP contribution in [0.5, 0.6) is 0 Å². The van der Waals surface area contributed by atoms with Crippen molar-refractivity contribution in [2.24, 2.45) is 0 Å². The molecule has 0 aromatic heterocycles. The fourth-order valence-corrected chi connectivity index (χ4v) is 1.55. The molecule has 76 valence electrons. The van der Waals surface area contributed by atoms with Crippen LogP contribution in [-0.2, 0) is 16.0 Å². The first-order chi connectivity index (χ1) is 6.72. The van der Waals surface area contributed by atoms with Crippen LogP contribution in [0.1, 0.15) is 18.4 Å². The van der Waals surface area contributed by atoms with Gasteiger partial charge in [0.05, 0.1) is 7.11 Å². The van der Waals surface area contributed by atoms with Gasteiger partial charge in [-0.05, 0) is 53.1 Å². The Hall–Kier alpha value is -0.580. The van der Waals surface area contributed by atoms with Crippen LogP contribution in [0, 0.1) is 3.57 Å². The summed E-state index contributed by atoms with van der Waals surface area (Å²) in [5, 5.41) is 0. The van der Waals surface area contributed by atoms with Crippen molar-refractivity contribution in [3.63, 3.8) is 0 Å². The molecule has 0 amide bonds. The predicted octanol–water partition coefficient (Wildman–Crippen LogP) is 2.79. The molecule has 0 radical (unpaired) electrons. The lowest BCUT2D eigenvalue weighted by Crippen LogP contribution is -2.00. The summed E-state index contributed by atoms with van der Waals surface area (Å²) in [7, 11) is 1.42. The van der Waals surface area contributed by atoms with Crippen LogP contribution in [0.2, 0.25) is 0 Å². The monoisotopic (exact) mass is 304 g/mol. The molecule has 2 nitrogen and oxygen atoms in total. The quantitative estimate of drug-likeness (QED) is 0.631. The highest BCUT2D eigenvalue weighted by atomic mass is 127. The van der Waals surface area contributed by atoms with Gasteiger partial charge in [0.1, 0.15) is 0 Å². The summed E-state index contributed by atoms with van der Waals surface area (Å²) in [6, 6.07) is 8.35. The molecule has 1 rings (SSSR count). The second-order valence-electron chi connectivity index (χ2n) is 3.06. The van der Waals surface area contributed by atoms with E-state index in [-0.39, 0.29) is 5.97 Å². The minimum atomic E-state index is -0.129. The Labute approximate surface area is 97.8 Å². The maximum Gasteiger partial charge on any atom is 0.305 e. The SMILES string of the molecule is COC(=O)CCCc1ccc(I)cc1. The molecule has 0 unspecified atom stereocenters. The highest BCUT2D eigenvalue weighted by Gasteiger charge is 2.00. The number of rotatable bonds is 4. The molecular formula is C11H13IO2. The van der Waals surface area contributed by atoms with Crippen LogP contribution in [-0.4, -0.2) is 13.1 Å². The van der Waals surface area contributed by atoms with E-state index in [9.17, 15) is 4.79 Å². The van der Waals surface area contributed by atoms with Gasteiger partial charge in [0.25, 0.3) is 0 Å². The summed E-state index contributed by atoms with van der Waals surface area (Å²) < 4.78 is 5.80. The van der Waals surface area contributed by atoms with E-state index in [2.05, 4.69) is 51.6 Å². The van der Waals surface area contributed by atoms with Crippen LogP contribution in [0.3, 0.4) is 0 Å². The molecule has 0 aliphatic carbocycles. The summed E-state index contributed by atoms with van der Waals surface area (Å²) in [5.41, 5.74) is 1.27. The largest absolute Gasteiger partial charge is 0.469 e. The van der Waals surface area contributed by atoms with E-state index in [4.69, 9.17) is 0 Å². The highest BCUT2D eigenvalue weighted by molar-refractivity contribution is 14.1. The molecular weight excluding hydrogens is 291 g/mol. The molecule has 0 heterocycles. The van der Waals surface area contributed by atoms with Crippen molar-refractivity contribution in [3.05, 3.63) is 33.4 Å². The molecule has 0 aliphatic heterocycles. The molecule has 14 heavy (non-hydrogen) atoms. The van der Waals surface area contributed by atoms with Crippen molar-refractivity contribution in [2.45, 2.75) is 19.3 Å². The minimum Gasteiger partial charge on any atom is -0.469 e. The third-order valence-electron chi connectivity index (χ3n) is 1.99. The summed E-state index contributed by atoms with van der Waals surface area (Å²) in [6.07, 6.45) is 2.29. The fourth-order valence-electron chi connectivity index (χ4n) is 1.19. The number of carbonyl (C=O) groups excluding carboxylic acids is 1. The molecule has 0 saturated heterocycles. The van der Waals surface area contributed by atoms with E-state index in [1.807, 2.05) is 0 Å². The average molecular weight is 304 g/mol. The molecule has 3 heteroatoms. The zero-order chi connectivity index (χ0) is 10.4. The van der Waals surface area contributed by atoms with Gasteiger partial charge in [0.15, 0.2) is 0 Å². The lowest BCUT2D eigenvalue weighted by atomic mass is 10.1. The smallest absolute Gasteiger partial charge is 0.305 e. The van der Waals surface area contributed by atoms with Gasteiger partial charge in [-0.15, -0.1) is 0 Å². The maximum absolute atomic E-state index is 10.8. The van der Waals surface area contributed by atoms with E-state index in [0.29, 0.717) is 6.42 Å². The normalized spacial score (nSPS) is 9.86. The Morgan fingerprint density at radius 1 is 1.36 bits per heavy atom. The summed E-state index contributed by atoms with van der Waals surface area (Å²) >= 11 is 2.28. The van der Waals surface area contributed by atoms with Crippen molar-refractivity contribution in [2.75, 3.05) is 7.11 Å². The van der Waals surface area contributed by atoms with Gasteiger partial charge in [-0.2, -0.15) is 0 Å². The van der Waals surface area contributed by atoms with Crippen LogP contribution >= 0.6 is 22.6 Å². The summed E-state index contributed by atoms with van der Waals surface area (Å²) in [5.74, 6) is -0.129. The average Bonchev–Trinajstić information content (AvgIpc) is 2.21. The van der Waals surface area contributed by atoms with Crippen molar-refractivity contribution in [1.82, 2.24) is 0 Å². The van der Waals surface area contributed by atoms with E-state index >= 15 is 0 Å². The molecule has 0 fully saturated rings. The first-order valence-corrected chi connectivity index (χ1v) is 5.61. The van der Waals surface area contributed by atoms with Crippen LogP contribution in [0.4, 0.5) is 0 Å². The predicted molar refractivity (Wildman–Crippen MR) is 64.1 cm³/mol. The number of benzene rings is 1. The molecule has 0 aliphatic rings. The molecule has 0 atom stereocenters. The number of carbonyl (C=O) groups is 1. The zero-order valence-corrected chi connectivity index (χ0v) is 10.3. The Kier molecular flexibility index (Phi) is 4.93. The number of esters is 1.